The Bertz CT molecular complexity index is 498. The minimum Gasteiger partial charge on any atom is -0.444 e. The Labute approximate surface area is 185 Å². The van der Waals surface area contributed by atoms with Crippen molar-refractivity contribution in [2.24, 2.45) is 0 Å². The Morgan fingerprint density at radius 2 is 1.43 bits per heavy atom. The fourth-order valence-electron chi connectivity index (χ4n) is 3.46. The molecule has 5 heteroatoms. The van der Waals surface area contributed by atoms with E-state index in [9.17, 15) is 4.79 Å². The minimum absolute atomic E-state index is 0.369. The Kier molecular flexibility index (Phi) is 12.0. The summed E-state index contributed by atoms with van der Waals surface area (Å²) in [5.74, 6) is -0.635. The molecule has 1 N–H and O–H groups in total. The van der Waals surface area contributed by atoms with Crippen LogP contribution >= 0.6 is 0 Å². The lowest BCUT2D eigenvalue weighted by Gasteiger charge is -2.42. The van der Waals surface area contributed by atoms with E-state index in [-0.39, 0.29) is 0 Å². The fraction of sp³-hybridized carbons (Fsp3) is 0.880. The van der Waals surface area contributed by atoms with Crippen LogP contribution in [0.25, 0.3) is 0 Å². The van der Waals surface area contributed by atoms with Crippen LogP contribution < -0.4 is 5.32 Å². The Morgan fingerprint density at radius 3 is 1.93 bits per heavy atom. The Morgan fingerprint density at radius 1 is 0.933 bits per heavy atom. The molecule has 0 aromatic rings. The molecular weight excluding hydrogens is 378 g/mol. The maximum Gasteiger partial charge on any atom is 0.408 e. The summed E-state index contributed by atoms with van der Waals surface area (Å²) in [6.45, 7) is 12.3. The number of carbonyl (C=O) groups excluding carboxylic acids is 1. The number of nitrogens with one attached hydrogen (secondary N) is 1. The number of alkyl carbamates (subject to hydrolysis) is 1. The lowest BCUT2D eigenvalue weighted by molar-refractivity contribution is -0.263. The molecule has 0 radical (unpaired) electrons. The van der Waals surface area contributed by atoms with Crippen LogP contribution in [0.3, 0.4) is 0 Å². The number of unbranched alkanes of at least 4 members (excludes halogenated alkanes) is 10. The maximum atomic E-state index is 12.3. The molecule has 0 saturated carbocycles. The zero-order valence-corrected chi connectivity index (χ0v) is 20.5. The van der Waals surface area contributed by atoms with Gasteiger partial charge in [-0.2, -0.15) is 0 Å². The lowest BCUT2D eigenvalue weighted by atomic mass is 9.98. The first kappa shape index (κ1) is 27.0. The third-order valence-corrected chi connectivity index (χ3v) is 5.27. The van der Waals surface area contributed by atoms with Gasteiger partial charge in [0.1, 0.15) is 11.1 Å². The van der Waals surface area contributed by atoms with Crippen LogP contribution in [0.15, 0.2) is 12.2 Å². The molecule has 1 saturated heterocycles. The highest BCUT2D eigenvalue weighted by Gasteiger charge is 2.40. The monoisotopic (exact) mass is 425 g/mol. The van der Waals surface area contributed by atoms with Gasteiger partial charge in [0.15, 0.2) is 5.79 Å². The summed E-state index contributed by atoms with van der Waals surface area (Å²) in [5, 5.41) is 2.97. The average molecular weight is 426 g/mol. The number of rotatable bonds is 13. The largest absolute Gasteiger partial charge is 0.444 e. The van der Waals surface area contributed by atoms with Crippen LogP contribution in [0.5, 0.6) is 0 Å². The number of hydrogen-bond acceptors (Lipinski definition) is 4. The molecule has 1 amide bonds. The van der Waals surface area contributed by atoms with Crippen LogP contribution in [0, 0.1) is 0 Å². The molecule has 1 fully saturated rings. The molecule has 1 heterocycles. The van der Waals surface area contributed by atoms with Crippen molar-refractivity contribution in [1.29, 1.82) is 0 Å². The summed E-state index contributed by atoms with van der Waals surface area (Å²) in [6.07, 6.45) is 18.0. The first-order valence-electron chi connectivity index (χ1n) is 12.0. The first-order valence-corrected chi connectivity index (χ1v) is 12.0. The molecule has 0 bridgehead atoms. The molecule has 0 aromatic heterocycles. The van der Waals surface area contributed by atoms with E-state index in [0.29, 0.717) is 13.2 Å². The second-order valence-electron chi connectivity index (χ2n) is 10.1. The van der Waals surface area contributed by atoms with Crippen molar-refractivity contribution in [2.75, 3.05) is 13.2 Å². The molecule has 0 spiro atoms. The summed E-state index contributed by atoms with van der Waals surface area (Å²) < 4.78 is 17.1. The van der Waals surface area contributed by atoms with Gasteiger partial charge in [-0.15, -0.1) is 0 Å². The summed E-state index contributed by atoms with van der Waals surface area (Å²) >= 11 is 0. The van der Waals surface area contributed by atoms with Crippen molar-refractivity contribution in [2.45, 2.75) is 129 Å². The third kappa shape index (κ3) is 12.6. The van der Waals surface area contributed by atoms with Gasteiger partial charge in [0.2, 0.25) is 0 Å². The third-order valence-electron chi connectivity index (χ3n) is 5.27. The molecule has 5 nitrogen and oxygen atoms in total. The predicted molar refractivity (Wildman–Crippen MR) is 124 cm³/mol. The van der Waals surface area contributed by atoms with Gasteiger partial charge in [0.25, 0.3) is 0 Å². The summed E-state index contributed by atoms with van der Waals surface area (Å²) in [6, 6.07) is 0. The van der Waals surface area contributed by atoms with Crippen molar-refractivity contribution in [1.82, 2.24) is 5.32 Å². The van der Waals surface area contributed by atoms with Crippen LogP contribution in [-0.2, 0) is 14.2 Å². The second-order valence-corrected chi connectivity index (χ2v) is 10.1. The van der Waals surface area contributed by atoms with Crippen molar-refractivity contribution < 1.29 is 19.0 Å². The van der Waals surface area contributed by atoms with Crippen molar-refractivity contribution >= 4 is 6.09 Å². The Balaban J connectivity index is 2.35. The van der Waals surface area contributed by atoms with E-state index in [1.165, 1.54) is 64.2 Å². The summed E-state index contributed by atoms with van der Waals surface area (Å²) in [4.78, 5) is 12.3. The quantitative estimate of drug-likeness (QED) is 0.257. The standard InChI is InChI=1S/C25H47NO4/c1-7-8-9-10-11-12-13-14-15-16-17-18-19-25(20-28-24(5,6)29-21-25)26-22(27)30-23(2,3)4/h18-19H,7-17,20-21H2,1-6H3,(H,26,27). The van der Waals surface area contributed by atoms with E-state index >= 15 is 0 Å². The van der Waals surface area contributed by atoms with Crippen LogP contribution in [0.1, 0.15) is 112 Å². The van der Waals surface area contributed by atoms with Gasteiger partial charge in [-0.25, -0.2) is 4.79 Å². The lowest BCUT2D eigenvalue weighted by Crippen LogP contribution is -2.60. The molecule has 0 unspecified atom stereocenters. The molecule has 1 aliphatic heterocycles. The number of ether oxygens (including phenoxy) is 3. The van der Waals surface area contributed by atoms with Crippen molar-refractivity contribution in [3.8, 4) is 0 Å². The highest BCUT2D eigenvalue weighted by atomic mass is 16.7. The van der Waals surface area contributed by atoms with E-state index in [2.05, 4.69) is 18.3 Å². The highest BCUT2D eigenvalue weighted by Crippen LogP contribution is 2.25. The number of allylic oxidation sites excluding steroid dienone is 1. The molecule has 30 heavy (non-hydrogen) atoms. The summed E-state index contributed by atoms with van der Waals surface area (Å²) in [5.41, 5.74) is -1.23. The van der Waals surface area contributed by atoms with E-state index in [1.807, 2.05) is 40.7 Å². The number of hydrogen-bond donors (Lipinski definition) is 1. The smallest absolute Gasteiger partial charge is 0.408 e. The SMILES string of the molecule is CCCCCCCCCCCCC=CC1(NC(=O)OC(C)(C)C)COC(C)(C)OC1. The molecule has 0 aliphatic carbocycles. The molecule has 1 rings (SSSR count). The van der Waals surface area contributed by atoms with Crippen molar-refractivity contribution in [3.05, 3.63) is 12.2 Å². The van der Waals surface area contributed by atoms with Gasteiger partial charge in [-0.1, -0.05) is 76.9 Å². The fourth-order valence-corrected chi connectivity index (χ4v) is 3.46. The van der Waals surface area contributed by atoms with Gasteiger partial charge >= 0.3 is 6.09 Å². The zero-order valence-electron chi connectivity index (χ0n) is 20.5. The van der Waals surface area contributed by atoms with Crippen LogP contribution in [-0.4, -0.2) is 36.2 Å². The summed E-state index contributed by atoms with van der Waals surface area (Å²) in [7, 11) is 0. The van der Waals surface area contributed by atoms with Crippen molar-refractivity contribution in [3.63, 3.8) is 0 Å². The van der Waals surface area contributed by atoms with E-state index < -0.39 is 23.0 Å². The molecule has 0 aromatic carbocycles. The topological polar surface area (TPSA) is 56.8 Å². The second kappa shape index (κ2) is 13.4. The van der Waals surface area contributed by atoms with Crippen LogP contribution in [0.4, 0.5) is 4.79 Å². The molecular formula is C25H47NO4. The van der Waals surface area contributed by atoms with Gasteiger partial charge < -0.3 is 19.5 Å². The van der Waals surface area contributed by atoms with E-state index in [1.54, 1.807) is 0 Å². The number of carbonyl (C=O) groups is 1. The molecule has 1 aliphatic rings. The van der Waals surface area contributed by atoms with Gasteiger partial charge in [-0.05, 0) is 47.5 Å². The van der Waals surface area contributed by atoms with E-state index in [0.717, 1.165) is 6.42 Å². The highest BCUT2D eigenvalue weighted by molar-refractivity contribution is 5.69. The van der Waals surface area contributed by atoms with Gasteiger partial charge in [-0.3, -0.25) is 0 Å². The molecule has 176 valence electrons. The number of amides is 1. The molecule has 0 atom stereocenters. The average Bonchev–Trinajstić information content (AvgIpc) is 2.63. The van der Waals surface area contributed by atoms with Crippen LogP contribution in [0.2, 0.25) is 0 Å². The van der Waals surface area contributed by atoms with Gasteiger partial charge in [0, 0.05) is 0 Å². The zero-order chi connectivity index (χ0) is 22.5. The van der Waals surface area contributed by atoms with E-state index in [4.69, 9.17) is 14.2 Å². The maximum absolute atomic E-state index is 12.3. The normalized spacial score (nSPS) is 18.5. The van der Waals surface area contributed by atoms with Gasteiger partial charge in [0.05, 0.1) is 13.2 Å². The Hall–Kier alpha value is -1.07. The minimum atomic E-state index is -0.684. The predicted octanol–water partition coefficient (Wildman–Crippen LogP) is 6.90. The first-order chi connectivity index (χ1) is 14.1.